The molecule has 1 aromatic carbocycles. The van der Waals surface area contributed by atoms with Gasteiger partial charge in [0.2, 0.25) is 0 Å². The number of aromatic nitrogens is 3. The van der Waals surface area contributed by atoms with E-state index in [2.05, 4.69) is 10.2 Å². The van der Waals surface area contributed by atoms with Gasteiger partial charge in [0.1, 0.15) is 0 Å². The van der Waals surface area contributed by atoms with Crippen LogP contribution in [-0.2, 0) is 0 Å². The molecule has 0 unspecified atom stereocenters. The average Bonchev–Trinajstić information content (AvgIpc) is 2.83. The zero-order chi connectivity index (χ0) is 14.3. The van der Waals surface area contributed by atoms with Gasteiger partial charge in [0, 0.05) is 11.8 Å². The minimum atomic E-state index is -1.04. The van der Waals surface area contributed by atoms with Crippen molar-refractivity contribution in [1.29, 1.82) is 0 Å². The topological polar surface area (TPSA) is 67.5 Å². The molecule has 0 fully saturated rings. The lowest BCUT2D eigenvalue weighted by Crippen LogP contribution is -2.00. The molecular weight excluding hydrogens is 278 g/mol. The molecule has 0 amide bonds. The summed E-state index contributed by atoms with van der Waals surface area (Å²) in [5.74, 6) is -0.471. The second-order valence-corrected chi connectivity index (χ2v) is 4.82. The Morgan fingerprint density at radius 3 is 2.75 bits per heavy atom. The number of halogens is 1. The van der Waals surface area contributed by atoms with E-state index in [4.69, 9.17) is 16.7 Å². The van der Waals surface area contributed by atoms with E-state index >= 15 is 0 Å². The minimum Gasteiger partial charge on any atom is -0.478 e. The van der Waals surface area contributed by atoms with E-state index < -0.39 is 5.97 Å². The first-order valence-electron chi connectivity index (χ1n) is 5.91. The highest BCUT2D eigenvalue weighted by molar-refractivity contribution is 6.33. The molecule has 0 radical (unpaired) electrons. The van der Waals surface area contributed by atoms with Crippen molar-refractivity contribution in [2.24, 2.45) is 0 Å². The molecule has 5 nitrogen and oxygen atoms in total. The van der Waals surface area contributed by atoms with Gasteiger partial charge in [-0.1, -0.05) is 35.9 Å². The van der Waals surface area contributed by atoms with Crippen molar-refractivity contribution < 1.29 is 9.90 Å². The second-order valence-electron chi connectivity index (χ2n) is 4.41. The smallest absolute Gasteiger partial charge is 0.337 e. The van der Waals surface area contributed by atoms with Gasteiger partial charge in [-0.15, -0.1) is 10.2 Å². The third kappa shape index (κ3) is 1.92. The number of pyridine rings is 1. The summed E-state index contributed by atoms with van der Waals surface area (Å²) in [6.07, 6.45) is 1.48. The fraction of sp³-hybridized carbons (Fsp3) is 0.0714. The molecule has 0 saturated heterocycles. The van der Waals surface area contributed by atoms with Gasteiger partial charge in [-0.05, 0) is 18.6 Å². The number of hydrogen-bond acceptors (Lipinski definition) is 3. The molecule has 0 spiro atoms. The summed E-state index contributed by atoms with van der Waals surface area (Å²) >= 11 is 6.06. The van der Waals surface area contributed by atoms with Gasteiger partial charge < -0.3 is 5.11 Å². The van der Waals surface area contributed by atoms with Crippen LogP contribution in [0.15, 0.2) is 36.5 Å². The Labute approximate surface area is 119 Å². The van der Waals surface area contributed by atoms with Crippen molar-refractivity contribution in [2.75, 3.05) is 0 Å². The normalized spacial score (nSPS) is 10.9. The summed E-state index contributed by atoms with van der Waals surface area (Å²) in [5, 5.41) is 17.5. The zero-order valence-corrected chi connectivity index (χ0v) is 11.3. The molecule has 0 aliphatic carbocycles. The maximum absolute atomic E-state index is 11.1. The van der Waals surface area contributed by atoms with Crippen molar-refractivity contribution in [3.05, 3.63) is 52.7 Å². The molecule has 0 bridgehead atoms. The van der Waals surface area contributed by atoms with Gasteiger partial charge in [0.25, 0.3) is 0 Å². The monoisotopic (exact) mass is 287 g/mol. The van der Waals surface area contributed by atoms with Gasteiger partial charge in [-0.3, -0.25) is 4.40 Å². The van der Waals surface area contributed by atoms with E-state index in [9.17, 15) is 4.79 Å². The number of nitrogens with zero attached hydrogens (tertiary/aromatic N) is 3. The fourth-order valence-corrected chi connectivity index (χ4v) is 2.32. The fourth-order valence-electron chi connectivity index (χ4n) is 2.08. The Morgan fingerprint density at radius 1 is 1.30 bits per heavy atom. The molecule has 6 heteroatoms. The molecule has 0 saturated carbocycles. The lowest BCUT2D eigenvalue weighted by molar-refractivity contribution is 0.0696. The van der Waals surface area contributed by atoms with Crippen LogP contribution in [0.5, 0.6) is 0 Å². The second kappa shape index (κ2) is 4.61. The van der Waals surface area contributed by atoms with Gasteiger partial charge in [-0.2, -0.15) is 0 Å². The first-order chi connectivity index (χ1) is 9.58. The summed E-state index contributed by atoms with van der Waals surface area (Å²) < 4.78 is 1.61. The van der Waals surface area contributed by atoms with Gasteiger partial charge >= 0.3 is 5.97 Å². The van der Waals surface area contributed by atoms with Crippen molar-refractivity contribution in [3.8, 4) is 11.4 Å². The van der Waals surface area contributed by atoms with Crippen LogP contribution in [0.2, 0.25) is 5.02 Å². The number of hydrogen-bond donors (Lipinski definition) is 1. The Kier molecular flexibility index (Phi) is 2.91. The van der Waals surface area contributed by atoms with Crippen molar-refractivity contribution >= 4 is 23.2 Å². The maximum atomic E-state index is 11.1. The molecule has 1 N–H and O–H groups in total. The Bertz CT molecular complexity index is 826. The van der Waals surface area contributed by atoms with Crippen molar-refractivity contribution in [1.82, 2.24) is 14.6 Å². The molecule has 3 rings (SSSR count). The van der Waals surface area contributed by atoms with Crippen LogP contribution in [-0.4, -0.2) is 25.7 Å². The number of carboxylic acids is 1. The summed E-state index contributed by atoms with van der Waals surface area (Å²) in [5.41, 5.74) is 2.45. The van der Waals surface area contributed by atoms with Crippen LogP contribution in [0.1, 0.15) is 15.9 Å². The van der Waals surface area contributed by atoms with Crippen LogP contribution in [0, 0.1) is 6.92 Å². The highest BCUT2D eigenvalue weighted by atomic mass is 35.5. The number of carbonyl (C=O) groups is 1. The molecule has 100 valence electrons. The van der Waals surface area contributed by atoms with E-state index in [1.54, 1.807) is 4.40 Å². The number of aryl methyl sites for hydroxylation is 1. The third-order valence-electron chi connectivity index (χ3n) is 3.09. The minimum absolute atomic E-state index is 0.0946. The zero-order valence-electron chi connectivity index (χ0n) is 10.5. The van der Waals surface area contributed by atoms with Gasteiger partial charge in [0.05, 0.1) is 10.6 Å². The Morgan fingerprint density at radius 2 is 2.05 bits per heavy atom. The predicted octanol–water partition coefficient (Wildman–Crippen LogP) is 3.06. The first-order valence-corrected chi connectivity index (χ1v) is 6.29. The molecule has 3 aromatic rings. The number of benzene rings is 1. The average molecular weight is 288 g/mol. The predicted molar refractivity (Wildman–Crippen MR) is 75.1 cm³/mol. The molecule has 0 aliphatic heterocycles. The van der Waals surface area contributed by atoms with E-state index in [-0.39, 0.29) is 10.6 Å². The SMILES string of the molecule is Cc1ccccc1-c1nnc2c(Cl)cc(C(=O)O)cn12. The third-order valence-corrected chi connectivity index (χ3v) is 3.37. The molecular formula is C14H10ClN3O2. The molecule has 2 heterocycles. The Hall–Kier alpha value is -2.40. The van der Waals surface area contributed by atoms with Gasteiger partial charge in [0.15, 0.2) is 11.5 Å². The van der Waals surface area contributed by atoms with E-state index in [1.807, 2.05) is 31.2 Å². The van der Waals surface area contributed by atoms with Crippen LogP contribution in [0.3, 0.4) is 0 Å². The largest absolute Gasteiger partial charge is 0.478 e. The van der Waals surface area contributed by atoms with E-state index in [0.717, 1.165) is 11.1 Å². The first kappa shape index (κ1) is 12.6. The van der Waals surface area contributed by atoms with Crippen molar-refractivity contribution in [2.45, 2.75) is 6.92 Å². The van der Waals surface area contributed by atoms with E-state index in [0.29, 0.717) is 11.5 Å². The van der Waals surface area contributed by atoms with Gasteiger partial charge in [-0.25, -0.2) is 4.79 Å². The summed E-state index contributed by atoms with van der Waals surface area (Å²) in [4.78, 5) is 11.1. The van der Waals surface area contributed by atoms with Crippen LogP contribution < -0.4 is 0 Å². The summed E-state index contributed by atoms with van der Waals surface area (Å²) in [7, 11) is 0. The number of aromatic carboxylic acids is 1. The molecule has 0 aliphatic rings. The molecule has 20 heavy (non-hydrogen) atoms. The lowest BCUT2D eigenvalue weighted by atomic mass is 10.1. The number of fused-ring (bicyclic) bond motifs is 1. The number of rotatable bonds is 2. The van der Waals surface area contributed by atoms with Crippen LogP contribution in [0.4, 0.5) is 0 Å². The van der Waals surface area contributed by atoms with Crippen LogP contribution >= 0.6 is 11.6 Å². The quantitative estimate of drug-likeness (QED) is 0.786. The summed E-state index contributed by atoms with van der Waals surface area (Å²) in [6, 6.07) is 9.06. The highest BCUT2D eigenvalue weighted by Gasteiger charge is 2.15. The highest BCUT2D eigenvalue weighted by Crippen LogP contribution is 2.25. The summed E-state index contributed by atoms with van der Waals surface area (Å²) in [6.45, 7) is 1.96. The molecule has 2 aromatic heterocycles. The van der Waals surface area contributed by atoms with E-state index in [1.165, 1.54) is 12.3 Å². The Balaban J connectivity index is 2.33. The van der Waals surface area contributed by atoms with Crippen LogP contribution in [0.25, 0.3) is 17.0 Å². The lowest BCUT2D eigenvalue weighted by Gasteiger charge is -2.05. The van der Waals surface area contributed by atoms with Crippen molar-refractivity contribution in [3.63, 3.8) is 0 Å². The number of carboxylic acid groups (broad SMARTS) is 1. The maximum Gasteiger partial charge on any atom is 0.337 e. The standard InChI is InChI=1S/C14H10ClN3O2/c1-8-4-2-3-5-10(8)12-16-17-13-11(15)6-9(14(19)20)7-18(12)13/h2-7H,1H3,(H,19,20). The molecule has 0 atom stereocenters.